The second-order valence-corrected chi connectivity index (χ2v) is 7.45. The third kappa shape index (κ3) is 3.62. The van der Waals surface area contributed by atoms with Crippen molar-refractivity contribution in [2.75, 3.05) is 26.5 Å². The smallest absolute Gasteiger partial charge is 0.213 e. The maximum Gasteiger partial charge on any atom is 0.213 e. The van der Waals surface area contributed by atoms with Gasteiger partial charge in [0, 0.05) is 36.7 Å². The maximum absolute atomic E-state index is 5.11. The van der Waals surface area contributed by atoms with Gasteiger partial charge in [-0.1, -0.05) is 23.9 Å². The first-order chi connectivity index (χ1) is 13.2. The molecule has 0 saturated carbocycles. The van der Waals surface area contributed by atoms with E-state index in [1.807, 2.05) is 18.3 Å². The number of benzene rings is 1. The summed E-state index contributed by atoms with van der Waals surface area (Å²) < 4.78 is 5.11. The average molecular weight is 379 g/mol. The molecule has 0 bridgehead atoms. The molecule has 0 amide bonds. The Kier molecular flexibility index (Phi) is 4.99. The molecule has 1 aliphatic rings. The van der Waals surface area contributed by atoms with Crippen molar-refractivity contribution in [1.29, 1.82) is 0 Å². The normalized spacial score (nSPS) is 15.1. The summed E-state index contributed by atoms with van der Waals surface area (Å²) in [5.41, 5.74) is 4.54. The van der Waals surface area contributed by atoms with E-state index >= 15 is 0 Å². The molecule has 27 heavy (non-hydrogen) atoms. The van der Waals surface area contributed by atoms with Crippen molar-refractivity contribution in [3.63, 3.8) is 0 Å². The van der Waals surface area contributed by atoms with Crippen molar-refractivity contribution in [3.05, 3.63) is 59.9 Å². The number of hydrogen-bond donors (Lipinski definition) is 0. The summed E-state index contributed by atoms with van der Waals surface area (Å²) in [6.07, 6.45) is 5.73. The Bertz CT molecular complexity index is 981. The van der Waals surface area contributed by atoms with Gasteiger partial charge in [0.2, 0.25) is 5.88 Å². The number of amidine groups is 1. The summed E-state index contributed by atoms with van der Waals surface area (Å²) in [6, 6.07) is 12.4. The Balaban J connectivity index is 1.51. The topological polar surface area (TPSA) is 50.6 Å². The van der Waals surface area contributed by atoms with Crippen LogP contribution in [0.2, 0.25) is 0 Å². The molecule has 0 unspecified atom stereocenters. The van der Waals surface area contributed by atoms with E-state index < -0.39 is 0 Å². The summed E-state index contributed by atoms with van der Waals surface area (Å²) in [4.78, 5) is 15.8. The lowest BCUT2D eigenvalue weighted by molar-refractivity contribution is 0.259. The number of hydrogen-bond acceptors (Lipinski definition) is 5. The molecule has 3 heterocycles. The van der Waals surface area contributed by atoms with Crippen molar-refractivity contribution in [2.45, 2.75) is 12.8 Å². The van der Waals surface area contributed by atoms with E-state index in [0.717, 1.165) is 29.5 Å². The van der Waals surface area contributed by atoms with E-state index in [9.17, 15) is 0 Å². The third-order valence-corrected chi connectivity index (χ3v) is 5.58. The number of fused-ring (bicyclic) bond motifs is 1. The standard InChI is InChI=1S/C21H22N4OS/c1-14-4-6-18-17(8-9-22-19(18)10-14)15-12-25(13-15)21(27-3)24-16-5-7-20(26-2)23-11-16/h4-11,15H,12-13H2,1-3H3. The van der Waals surface area contributed by atoms with Crippen molar-refractivity contribution in [2.24, 2.45) is 4.99 Å². The van der Waals surface area contributed by atoms with Gasteiger partial charge in [-0.05, 0) is 42.5 Å². The van der Waals surface area contributed by atoms with E-state index in [1.165, 1.54) is 16.5 Å². The number of thioether (sulfide) groups is 1. The zero-order valence-electron chi connectivity index (χ0n) is 15.7. The number of ether oxygens (including phenoxy) is 1. The predicted molar refractivity (Wildman–Crippen MR) is 112 cm³/mol. The summed E-state index contributed by atoms with van der Waals surface area (Å²) in [6.45, 7) is 4.04. The fourth-order valence-electron chi connectivity index (χ4n) is 3.38. The zero-order valence-corrected chi connectivity index (χ0v) is 16.5. The highest BCUT2D eigenvalue weighted by atomic mass is 32.2. The molecule has 1 aliphatic heterocycles. The van der Waals surface area contributed by atoms with E-state index in [0.29, 0.717) is 11.8 Å². The molecule has 6 heteroatoms. The molecule has 4 rings (SSSR count). The Labute approximate surface area is 163 Å². The highest BCUT2D eigenvalue weighted by Gasteiger charge is 2.31. The summed E-state index contributed by atoms with van der Waals surface area (Å²) in [7, 11) is 1.61. The lowest BCUT2D eigenvalue weighted by Crippen LogP contribution is -2.47. The molecule has 0 aliphatic carbocycles. The van der Waals surface area contributed by atoms with Gasteiger partial charge in [0.05, 0.1) is 24.5 Å². The predicted octanol–water partition coefficient (Wildman–Crippen LogP) is 4.40. The first-order valence-corrected chi connectivity index (χ1v) is 10.1. The number of nitrogens with zero attached hydrogens (tertiary/aromatic N) is 4. The van der Waals surface area contributed by atoms with Gasteiger partial charge in [0.15, 0.2) is 5.17 Å². The van der Waals surface area contributed by atoms with Crippen LogP contribution < -0.4 is 4.74 Å². The number of aryl methyl sites for hydroxylation is 1. The Morgan fingerprint density at radius 3 is 2.74 bits per heavy atom. The van der Waals surface area contributed by atoms with Gasteiger partial charge in [-0.25, -0.2) is 9.98 Å². The number of rotatable bonds is 3. The van der Waals surface area contributed by atoms with Gasteiger partial charge in [0.25, 0.3) is 0 Å². The summed E-state index contributed by atoms with van der Waals surface area (Å²) in [5, 5.41) is 2.28. The molecule has 0 spiro atoms. The van der Waals surface area contributed by atoms with Crippen LogP contribution in [0.1, 0.15) is 17.0 Å². The molecule has 0 N–H and O–H groups in total. The van der Waals surface area contributed by atoms with Gasteiger partial charge in [-0.2, -0.15) is 0 Å². The molecular weight excluding hydrogens is 356 g/mol. The molecule has 2 aromatic heterocycles. The van der Waals surface area contributed by atoms with E-state index in [2.05, 4.69) is 52.3 Å². The van der Waals surface area contributed by atoms with E-state index in [-0.39, 0.29) is 0 Å². The van der Waals surface area contributed by atoms with Crippen LogP contribution in [0.25, 0.3) is 10.9 Å². The zero-order chi connectivity index (χ0) is 18.8. The molecule has 3 aromatic rings. The maximum atomic E-state index is 5.11. The van der Waals surface area contributed by atoms with Crippen molar-refractivity contribution in [1.82, 2.24) is 14.9 Å². The van der Waals surface area contributed by atoms with Crippen LogP contribution in [-0.2, 0) is 0 Å². The van der Waals surface area contributed by atoms with Gasteiger partial charge in [-0.15, -0.1) is 0 Å². The Morgan fingerprint density at radius 1 is 1.19 bits per heavy atom. The van der Waals surface area contributed by atoms with Crippen LogP contribution >= 0.6 is 11.8 Å². The van der Waals surface area contributed by atoms with E-state index in [4.69, 9.17) is 9.73 Å². The van der Waals surface area contributed by atoms with Crippen molar-refractivity contribution in [3.8, 4) is 5.88 Å². The molecule has 1 saturated heterocycles. The van der Waals surface area contributed by atoms with Crippen LogP contribution in [0.15, 0.2) is 53.8 Å². The monoisotopic (exact) mass is 378 g/mol. The van der Waals surface area contributed by atoms with E-state index in [1.54, 1.807) is 25.1 Å². The van der Waals surface area contributed by atoms with Crippen molar-refractivity contribution >= 4 is 33.5 Å². The minimum absolute atomic E-state index is 0.504. The molecule has 138 valence electrons. The SMILES string of the molecule is COc1ccc(N=C(SC)N2CC(c3ccnc4cc(C)ccc34)C2)cn1. The number of aromatic nitrogens is 2. The lowest BCUT2D eigenvalue weighted by Gasteiger charge is -2.41. The number of methoxy groups -OCH3 is 1. The Hall–Kier alpha value is -2.60. The minimum Gasteiger partial charge on any atom is -0.481 e. The van der Waals surface area contributed by atoms with Gasteiger partial charge in [0.1, 0.15) is 0 Å². The molecule has 5 nitrogen and oxygen atoms in total. The molecular formula is C21H22N4OS. The van der Waals surface area contributed by atoms with Crippen LogP contribution in [0, 0.1) is 6.92 Å². The second-order valence-electron chi connectivity index (χ2n) is 6.68. The molecule has 1 aromatic carbocycles. The van der Waals surface area contributed by atoms with Gasteiger partial charge < -0.3 is 9.64 Å². The highest BCUT2D eigenvalue weighted by molar-refractivity contribution is 8.13. The number of likely N-dealkylation sites (tertiary alicyclic amines) is 1. The van der Waals surface area contributed by atoms with Gasteiger partial charge >= 0.3 is 0 Å². The van der Waals surface area contributed by atoms with Gasteiger partial charge in [-0.3, -0.25) is 4.98 Å². The summed E-state index contributed by atoms with van der Waals surface area (Å²) in [5.74, 6) is 1.10. The average Bonchev–Trinajstić information content (AvgIpc) is 2.66. The third-order valence-electron chi connectivity index (χ3n) is 4.86. The molecule has 1 fully saturated rings. The number of pyridine rings is 2. The summed E-state index contributed by atoms with van der Waals surface area (Å²) >= 11 is 1.67. The van der Waals surface area contributed by atoms with Crippen molar-refractivity contribution < 1.29 is 4.74 Å². The fraction of sp³-hybridized carbons (Fsp3) is 0.286. The highest BCUT2D eigenvalue weighted by Crippen LogP contribution is 2.34. The molecule has 0 radical (unpaired) electrons. The van der Waals surface area contributed by atoms with Crippen LogP contribution in [0.3, 0.4) is 0 Å². The quantitative estimate of drug-likeness (QED) is 0.499. The molecule has 0 atom stereocenters. The minimum atomic E-state index is 0.504. The fourth-order valence-corrected chi connectivity index (χ4v) is 3.99. The lowest BCUT2D eigenvalue weighted by atomic mass is 9.89. The number of aliphatic imine (C=N–C) groups is 1. The largest absolute Gasteiger partial charge is 0.481 e. The van der Waals surface area contributed by atoms with Crippen LogP contribution in [-0.4, -0.2) is 46.5 Å². The first kappa shape index (κ1) is 17.8. The first-order valence-electron chi connectivity index (χ1n) is 8.91. The van der Waals surface area contributed by atoms with Crippen LogP contribution in [0.5, 0.6) is 5.88 Å². The Morgan fingerprint density at radius 2 is 2.04 bits per heavy atom. The second kappa shape index (κ2) is 7.56. The van der Waals surface area contributed by atoms with Crippen LogP contribution in [0.4, 0.5) is 5.69 Å².